The Morgan fingerprint density at radius 2 is 2.06 bits per heavy atom. The summed E-state index contributed by atoms with van der Waals surface area (Å²) in [6.45, 7) is 1.96. The second kappa shape index (κ2) is 4.28. The molecule has 3 rings (SSSR count). The van der Waals surface area contributed by atoms with Gasteiger partial charge in [0.25, 0.3) is 0 Å². The van der Waals surface area contributed by atoms with Crippen molar-refractivity contribution in [2.24, 2.45) is 5.41 Å². The van der Waals surface area contributed by atoms with Crippen molar-refractivity contribution < 1.29 is 4.79 Å². The third-order valence-corrected chi connectivity index (χ3v) is 7.21. The molecule has 18 heavy (non-hydrogen) atoms. The molecule has 6 heteroatoms. The van der Waals surface area contributed by atoms with Crippen molar-refractivity contribution in [2.75, 3.05) is 5.32 Å². The number of alkyl halides is 2. The highest BCUT2D eigenvalue weighted by Crippen LogP contribution is 2.66. The predicted molar refractivity (Wildman–Crippen MR) is 80.7 cm³/mol. The van der Waals surface area contributed by atoms with Crippen LogP contribution in [0, 0.1) is 5.41 Å². The van der Waals surface area contributed by atoms with Gasteiger partial charge < -0.3 is 5.32 Å². The highest BCUT2D eigenvalue weighted by atomic mass is 79.9. The fourth-order valence-corrected chi connectivity index (χ4v) is 4.81. The first-order chi connectivity index (χ1) is 8.42. The van der Waals surface area contributed by atoms with Crippen LogP contribution in [-0.2, 0) is 17.6 Å². The largest absolute Gasteiger partial charge is 0.301 e. The summed E-state index contributed by atoms with van der Waals surface area (Å²) in [7, 11) is 0. The number of amides is 1. The molecular formula is C12H14Br2N2OS. The minimum Gasteiger partial charge on any atom is -0.301 e. The number of rotatable bonds is 2. The van der Waals surface area contributed by atoms with Crippen LogP contribution in [0.1, 0.15) is 36.8 Å². The number of aryl methyl sites for hydroxylation is 2. The Morgan fingerprint density at radius 1 is 1.39 bits per heavy atom. The molecule has 0 unspecified atom stereocenters. The van der Waals surface area contributed by atoms with Crippen LogP contribution in [0.5, 0.6) is 0 Å². The molecule has 98 valence electrons. The topological polar surface area (TPSA) is 42.0 Å². The molecule has 2 aliphatic carbocycles. The van der Waals surface area contributed by atoms with Gasteiger partial charge in [-0.05, 0) is 39.0 Å². The monoisotopic (exact) mass is 392 g/mol. The van der Waals surface area contributed by atoms with Crippen LogP contribution < -0.4 is 5.32 Å². The number of halogens is 2. The zero-order valence-electron chi connectivity index (χ0n) is 10.1. The van der Waals surface area contributed by atoms with Gasteiger partial charge in [0.15, 0.2) is 5.13 Å². The zero-order valence-corrected chi connectivity index (χ0v) is 14.0. The van der Waals surface area contributed by atoms with Gasteiger partial charge in [0.2, 0.25) is 5.91 Å². The van der Waals surface area contributed by atoms with Gasteiger partial charge in [-0.1, -0.05) is 31.9 Å². The number of carbonyl (C=O) groups excluding carboxylic acids is 1. The Bertz CT molecular complexity index is 491. The average molecular weight is 394 g/mol. The normalized spacial score (nSPS) is 28.6. The molecule has 3 nitrogen and oxygen atoms in total. The average Bonchev–Trinajstić information content (AvgIpc) is 2.69. The van der Waals surface area contributed by atoms with E-state index in [0.717, 1.165) is 24.4 Å². The van der Waals surface area contributed by atoms with E-state index in [2.05, 4.69) is 42.2 Å². The summed E-state index contributed by atoms with van der Waals surface area (Å²) in [5.74, 6) is 0.0438. The molecular weight excluding hydrogens is 380 g/mol. The van der Waals surface area contributed by atoms with E-state index in [4.69, 9.17) is 0 Å². The SMILES string of the molecule is C[C@]1(C(=O)Nc2nc3c(s2)CCCC3)CC1(Br)Br. The molecule has 0 radical (unpaired) electrons. The van der Waals surface area contributed by atoms with Gasteiger partial charge in [0, 0.05) is 4.88 Å². The number of fused-ring (bicyclic) bond motifs is 1. The second-order valence-corrected chi connectivity index (χ2v) is 10.1. The van der Waals surface area contributed by atoms with E-state index in [1.54, 1.807) is 11.3 Å². The minimum absolute atomic E-state index is 0.0438. The highest BCUT2D eigenvalue weighted by Gasteiger charge is 2.66. The molecule has 0 spiro atoms. The molecule has 1 fully saturated rings. The summed E-state index contributed by atoms with van der Waals surface area (Å²) in [5.41, 5.74) is 0.811. The van der Waals surface area contributed by atoms with E-state index in [1.807, 2.05) is 6.92 Å². The van der Waals surface area contributed by atoms with Crippen LogP contribution in [-0.4, -0.2) is 14.1 Å². The van der Waals surface area contributed by atoms with Crippen molar-refractivity contribution in [3.8, 4) is 0 Å². The van der Waals surface area contributed by atoms with Crippen LogP contribution in [0.4, 0.5) is 5.13 Å². The van der Waals surface area contributed by atoms with Crippen molar-refractivity contribution in [1.82, 2.24) is 4.98 Å². The summed E-state index contributed by atoms with van der Waals surface area (Å²) >= 11 is 8.67. The Hall–Kier alpha value is 0.0600. The Labute approximate surface area is 127 Å². The van der Waals surface area contributed by atoms with E-state index in [0.29, 0.717) is 0 Å². The quantitative estimate of drug-likeness (QED) is 0.775. The number of hydrogen-bond acceptors (Lipinski definition) is 3. The molecule has 1 aromatic heterocycles. The van der Waals surface area contributed by atoms with Crippen molar-refractivity contribution in [2.45, 2.75) is 42.3 Å². The van der Waals surface area contributed by atoms with Crippen molar-refractivity contribution >= 4 is 54.2 Å². The summed E-state index contributed by atoms with van der Waals surface area (Å²) < 4.78 is -0.242. The third kappa shape index (κ3) is 2.06. The lowest BCUT2D eigenvalue weighted by atomic mass is 10.0. The highest BCUT2D eigenvalue weighted by molar-refractivity contribution is 9.25. The summed E-state index contributed by atoms with van der Waals surface area (Å²) in [4.78, 5) is 18.1. The Balaban J connectivity index is 1.74. The lowest BCUT2D eigenvalue weighted by Crippen LogP contribution is -2.25. The summed E-state index contributed by atoms with van der Waals surface area (Å²) in [6.07, 6.45) is 5.43. The fraction of sp³-hybridized carbons (Fsp3) is 0.667. The van der Waals surface area contributed by atoms with Crippen molar-refractivity contribution in [1.29, 1.82) is 0 Å². The summed E-state index contributed by atoms with van der Waals surface area (Å²) in [5, 5.41) is 3.73. The molecule has 0 aliphatic heterocycles. The number of nitrogens with one attached hydrogen (secondary N) is 1. The van der Waals surface area contributed by atoms with Gasteiger partial charge in [-0.3, -0.25) is 4.79 Å². The second-order valence-electron chi connectivity index (χ2n) is 5.26. The van der Waals surface area contributed by atoms with Crippen LogP contribution in [0.15, 0.2) is 0 Å². The Morgan fingerprint density at radius 3 is 2.67 bits per heavy atom. The lowest BCUT2D eigenvalue weighted by molar-refractivity contribution is -0.120. The molecule has 1 amide bonds. The maximum absolute atomic E-state index is 12.2. The van der Waals surface area contributed by atoms with E-state index in [-0.39, 0.29) is 14.6 Å². The molecule has 1 atom stereocenters. The number of anilines is 1. The van der Waals surface area contributed by atoms with Crippen molar-refractivity contribution in [3.63, 3.8) is 0 Å². The first-order valence-corrected chi connectivity index (χ1v) is 8.50. The number of aromatic nitrogens is 1. The van der Waals surface area contributed by atoms with Crippen LogP contribution >= 0.6 is 43.2 Å². The van der Waals surface area contributed by atoms with Crippen molar-refractivity contribution in [3.05, 3.63) is 10.6 Å². The molecule has 1 N–H and O–H groups in total. The molecule has 0 aromatic carbocycles. The van der Waals surface area contributed by atoms with Crippen LogP contribution in [0.25, 0.3) is 0 Å². The maximum Gasteiger partial charge on any atom is 0.234 e. The standard InChI is InChI=1S/C12H14Br2N2OS/c1-11(6-12(11,13)14)9(17)16-10-15-7-4-2-3-5-8(7)18-10/h2-6H2,1H3,(H,15,16,17)/t11-/m1/s1. The predicted octanol–water partition coefficient (Wildman–Crippen LogP) is 3.86. The Kier molecular flexibility index (Phi) is 3.11. The van der Waals surface area contributed by atoms with Gasteiger partial charge in [-0.25, -0.2) is 4.98 Å². The maximum atomic E-state index is 12.2. The number of hydrogen-bond donors (Lipinski definition) is 1. The summed E-state index contributed by atoms with van der Waals surface area (Å²) in [6, 6.07) is 0. The smallest absolute Gasteiger partial charge is 0.234 e. The zero-order chi connectivity index (χ0) is 13.0. The molecule has 1 heterocycles. The number of nitrogens with zero attached hydrogens (tertiary/aromatic N) is 1. The van der Waals surface area contributed by atoms with Gasteiger partial charge in [0.05, 0.1) is 14.3 Å². The lowest BCUT2D eigenvalue weighted by Gasteiger charge is -2.10. The fourth-order valence-electron chi connectivity index (χ4n) is 2.29. The first kappa shape index (κ1) is 13.1. The van der Waals surface area contributed by atoms with E-state index in [1.165, 1.54) is 23.4 Å². The van der Waals surface area contributed by atoms with E-state index in [9.17, 15) is 4.79 Å². The molecule has 0 bridgehead atoms. The van der Waals surface area contributed by atoms with Gasteiger partial charge in [0.1, 0.15) is 0 Å². The van der Waals surface area contributed by atoms with Gasteiger partial charge in [-0.15, -0.1) is 11.3 Å². The minimum atomic E-state index is -0.376. The van der Waals surface area contributed by atoms with E-state index >= 15 is 0 Å². The number of thiazole rings is 1. The molecule has 1 aromatic rings. The molecule has 2 aliphatic rings. The molecule has 1 saturated carbocycles. The van der Waals surface area contributed by atoms with E-state index < -0.39 is 0 Å². The van der Waals surface area contributed by atoms with Gasteiger partial charge in [-0.2, -0.15) is 0 Å². The number of carbonyl (C=O) groups is 1. The van der Waals surface area contributed by atoms with Gasteiger partial charge >= 0.3 is 0 Å². The van der Waals surface area contributed by atoms with Crippen LogP contribution in [0.3, 0.4) is 0 Å². The molecule has 0 saturated heterocycles. The third-order valence-electron chi connectivity index (χ3n) is 3.83. The first-order valence-electron chi connectivity index (χ1n) is 6.10. The van der Waals surface area contributed by atoms with Crippen LogP contribution in [0.2, 0.25) is 0 Å².